The van der Waals surface area contributed by atoms with Gasteiger partial charge in [-0.2, -0.15) is 5.10 Å². The van der Waals surface area contributed by atoms with Gasteiger partial charge in [-0.3, -0.25) is 14.4 Å². The van der Waals surface area contributed by atoms with Gasteiger partial charge in [0.05, 0.1) is 27.0 Å². The van der Waals surface area contributed by atoms with Crippen molar-refractivity contribution < 1.29 is 19.0 Å². The molecule has 0 atom stereocenters. The topological polar surface area (TPSA) is 69.1 Å². The lowest BCUT2D eigenvalue weighted by molar-refractivity contribution is -0.133. The smallest absolute Gasteiger partial charge is 0.224 e. The van der Waals surface area contributed by atoms with E-state index in [1.165, 1.54) is 0 Å². The zero-order valence-corrected chi connectivity index (χ0v) is 18.6. The third kappa shape index (κ3) is 4.87. The largest absolute Gasteiger partial charge is 0.493 e. The lowest BCUT2D eigenvalue weighted by atomic mass is 10.1. The maximum atomic E-state index is 12.6. The molecule has 30 heavy (non-hydrogen) atoms. The predicted molar refractivity (Wildman–Crippen MR) is 114 cm³/mol. The van der Waals surface area contributed by atoms with E-state index in [0.717, 1.165) is 49.7 Å². The summed E-state index contributed by atoms with van der Waals surface area (Å²) in [4.78, 5) is 16.9. The van der Waals surface area contributed by atoms with E-state index in [1.807, 2.05) is 41.6 Å². The van der Waals surface area contributed by atoms with Gasteiger partial charge in [-0.25, -0.2) is 0 Å². The van der Waals surface area contributed by atoms with Gasteiger partial charge in [-0.05, 0) is 26.0 Å². The third-order valence-corrected chi connectivity index (χ3v) is 5.55. The Morgan fingerprint density at radius 1 is 1.00 bits per heavy atom. The Morgan fingerprint density at radius 2 is 1.70 bits per heavy atom. The molecule has 0 spiro atoms. The van der Waals surface area contributed by atoms with Crippen LogP contribution >= 0.6 is 0 Å². The average Bonchev–Trinajstić information content (AvgIpc) is 3.08. The molecule has 2 aromatic rings. The first-order chi connectivity index (χ1) is 14.5. The number of benzene rings is 1. The molecule has 0 bridgehead atoms. The summed E-state index contributed by atoms with van der Waals surface area (Å²) >= 11 is 0. The Balaban J connectivity index is 1.54. The number of carbonyl (C=O) groups excluding carboxylic acids is 1. The number of hydrogen-bond acceptors (Lipinski definition) is 6. The summed E-state index contributed by atoms with van der Waals surface area (Å²) in [7, 11) is 4.86. The molecule has 1 aliphatic rings. The fourth-order valence-electron chi connectivity index (χ4n) is 3.94. The molecule has 0 N–H and O–H groups in total. The number of nitrogens with zero attached hydrogens (tertiary/aromatic N) is 4. The zero-order chi connectivity index (χ0) is 21.7. The number of amides is 1. The van der Waals surface area contributed by atoms with Gasteiger partial charge in [-0.1, -0.05) is 6.07 Å². The normalized spacial score (nSPS) is 14.6. The van der Waals surface area contributed by atoms with Crippen molar-refractivity contribution in [3.8, 4) is 17.2 Å². The van der Waals surface area contributed by atoms with Gasteiger partial charge in [0.2, 0.25) is 11.7 Å². The molecule has 0 unspecified atom stereocenters. The Morgan fingerprint density at radius 3 is 2.27 bits per heavy atom. The Labute approximate surface area is 178 Å². The minimum absolute atomic E-state index is 0.186. The molecule has 8 heteroatoms. The molecular weight excluding hydrogens is 384 g/mol. The molecule has 1 saturated heterocycles. The van der Waals surface area contributed by atoms with Crippen LogP contribution in [0.4, 0.5) is 0 Å². The lowest BCUT2D eigenvalue weighted by Crippen LogP contribution is -2.48. The number of methoxy groups -OCH3 is 3. The van der Waals surface area contributed by atoms with Crippen molar-refractivity contribution in [2.45, 2.75) is 33.4 Å². The zero-order valence-electron chi connectivity index (χ0n) is 18.6. The molecule has 164 valence electrons. The van der Waals surface area contributed by atoms with Crippen LogP contribution in [-0.2, 0) is 17.9 Å². The SMILES string of the molecule is COc1ccc(CN2CCN(C(=O)CCn3nc(C)cc3C)CC2)c(OC)c1OC. The summed E-state index contributed by atoms with van der Waals surface area (Å²) in [6.45, 7) is 8.45. The second-order valence-electron chi connectivity index (χ2n) is 7.55. The standard InChI is InChI=1S/C22H32N4O4/c1-16-14-17(2)26(23-16)9-8-20(27)25-12-10-24(11-13-25)15-18-6-7-19(28-3)22(30-5)21(18)29-4/h6-7,14H,8-13,15H2,1-5H3. The molecule has 1 fully saturated rings. The summed E-state index contributed by atoms with van der Waals surface area (Å²) in [5.41, 5.74) is 3.12. The fraction of sp³-hybridized carbons (Fsp3) is 0.545. The van der Waals surface area contributed by atoms with Gasteiger partial charge in [0.1, 0.15) is 0 Å². The van der Waals surface area contributed by atoms with Crippen LogP contribution in [0.1, 0.15) is 23.4 Å². The lowest BCUT2D eigenvalue weighted by Gasteiger charge is -2.35. The molecule has 1 aromatic heterocycles. The number of carbonyl (C=O) groups is 1. The first kappa shape index (κ1) is 22.0. The molecule has 8 nitrogen and oxygen atoms in total. The first-order valence-corrected chi connectivity index (χ1v) is 10.3. The average molecular weight is 417 g/mol. The molecule has 1 aliphatic heterocycles. The van der Waals surface area contributed by atoms with Crippen LogP contribution in [0, 0.1) is 13.8 Å². The molecule has 0 aliphatic carbocycles. The van der Waals surface area contributed by atoms with Crippen molar-refractivity contribution >= 4 is 5.91 Å². The van der Waals surface area contributed by atoms with Crippen LogP contribution in [0.15, 0.2) is 18.2 Å². The molecule has 0 radical (unpaired) electrons. The van der Waals surface area contributed by atoms with Gasteiger partial charge < -0.3 is 19.1 Å². The highest BCUT2D eigenvalue weighted by Gasteiger charge is 2.23. The molecule has 1 aromatic carbocycles. The highest BCUT2D eigenvalue weighted by Crippen LogP contribution is 2.40. The van der Waals surface area contributed by atoms with E-state index in [0.29, 0.717) is 30.2 Å². The highest BCUT2D eigenvalue weighted by atomic mass is 16.5. The van der Waals surface area contributed by atoms with E-state index in [4.69, 9.17) is 14.2 Å². The van der Waals surface area contributed by atoms with E-state index in [1.54, 1.807) is 21.3 Å². The van der Waals surface area contributed by atoms with E-state index >= 15 is 0 Å². The third-order valence-electron chi connectivity index (χ3n) is 5.55. The van der Waals surface area contributed by atoms with Crippen LogP contribution in [0.3, 0.4) is 0 Å². The molecule has 3 rings (SSSR count). The van der Waals surface area contributed by atoms with E-state index in [2.05, 4.69) is 10.00 Å². The number of ether oxygens (including phenoxy) is 3. The van der Waals surface area contributed by atoms with Gasteiger partial charge >= 0.3 is 0 Å². The van der Waals surface area contributed by atoms with Crippen LogP contribution < -0.4 is 14.2 Å². The number of aromatic nitrogens is 2. The molecule has 1 amide bonds. The summed E-state index contributed by atoms with van der Waals surface area (Å²) in [5.74, 6) is 2.14. The predicted octanol–water partition coefficient (Wildman–Crippen LogP) is 2.26. The summed E-state index contributed by atoms with van der Waals surface area (Å²) in [6.07, 6.45) is 0.478. The molecular formula is C22H32N4O4. The van der Waals surface area contributed by atoms with E-state index in [-0.39, 0.29) is 5.91 Å². The van der Waals surface area contributed by atoms with Gasteiger partial charge in [0, 0.05) is 56.9 Å². The quantitative estimate of drug-likeness (QED) is 0.658. The first-order valence-electron chi connectivity index (χ1n) is 10.3. The maximum Gasteiger partial charge on any atom is 0.224 e. The monoisotopic (exact) mass is 416 g/mol. The highest BCUT2D eigenvalue weighted by molar-refractivity contribution is 5.76. The minimum atomic E-state index is 0.186. The minimum Gasteiger partial charge on any atom is -0.493 e. The van der Waals surface area contributed by atoms with Crippen LogP contribution in [0.25, 0.3) is 0 Å². The van der Waals surface area contributed by atoms with Crippen LogP contribution in [0.2, 0.25) is 0 Å². The second kappa shape index (κ2) is 9.84. The molecule has 0 saturated carbocycles. The van der Waals surface area contributed by atoms with Crippen LogP contribution in [-0.4, -0.2) is 73.0 Å². The number of piperazine rings is 1. The van der Waals surface area contributed by atoms with Crippen molar-refractivity contribution in [3.05, 3.63) is 35.2 Å². The second-order valence-corrected chi connectivity index (χ2v) is 7.55. The molecule has 2 heterocycles. The van der Waals surface area contributed by atoms with Crippen molar-refractivity contribution in [3.63, 3.8) is 0 Å². The van der Waals surface area contributed by atoms with Crippen molar-refractivity contribution in [1.82, 2.24) is 19.6 Å². The summed E-state index contributed by atoms with van der Waals surface area (Å²) in [5, 5.41) is 4.44. The van der Waals surface area contributed by atoms with Crippen molar-refractivity contribution in [2.75, 3.05) is 47.5 Å². The van der Waals surface area contributed by atoms with Gasteiger partial charge in [-0.15, -0.1) is 0 Å². The van der Waals surface area contributed by atoms with E-state index in [9.17, 15) is 4.79 Å². The summed E-state index contributed by atoms with van der Waals surface area (Å²) in [6, 6.07) is 5.94. The number of rotatable bonds is 8. The Bertz CT molecular complexity index is 872. The Hall–Kier alpha value is -2.74. The van der Waals surface area contributed by atoms with E-state index < -0.39 is 0 Å². The van der Waals surface area contributed by atoms with Gasteiger partial charge in [0.25, 0.3) is 0 Å². The Kier molecular flexibility index (Phi) is 7.20. The summed E-state index contributed by atoms with van der Waals surface area (Å²) < 4.78 is 18.3. The maximum absolute atomic E-state index is 12.6. The number of aryl methyl sites for hydroxylation is 3. The van der Waals surface area contributed by atoms with Crippen molar-refractivity contribution in [1.29, 1.82) is 0 Å². The number of hydrogen-bond donors (Lipinski definition) is 0. The van der Waals surface area contributed by atoms with Crippen LogP contribution in [0.5, 0.6) is 17.2 Å². The fourth-order valence-corrected chi connectivity index (χ4v) is 3.94. The van der Waals surface area contributed by atoms with Crippen molar-refractivity contribution in [2.24, 2.45) is 0 Å². The van der Waals surface area contributed by atoms with Gasteiger partial charge in [0.15, 0.2) is 11.5 Å².